The van der Waals surface area contributed by atoms with Gasteiger partial charge in [0.05, 0.1) is 5.60 Å². The fourth-order valence-electron chi connectivity index (χ4n) is 2.69. The second-order valence-corrected chi connectivity index (χ2v) is 6.46. The van der Waals surface area contributed by atoms with Gasteiger partial charge >= 0.3 is 0 Å². The van der Waals surface area contributed by atoms with Crippen molar-refractivity contribution in [1.82, 2.24) is 5.32 Å². The highest BCUT2D eigenvalue weighted by Crippen LogP contribution is 2.34. The van der Waals surface area contributed by atoms with Gasteiger partial charge in [-0.2, -0.15) is 0 Å². The summed E-state index contributed by atoms with van der Waals surface area (Å²) in [6.07, 6.45) is 8.92. The molecule has 0 saturated heterocycles. The van der Waals surface area contributed by atoms with E-state index in [4.69, 9.17) is 4.74 Å². The third-order valence-electron chi connectivity index (χ3n) is 4.17. The summed E-state index contributed by atoms with van der Waals surface area (Å²) >= 11 is 0. The molecule has 0 bridgehead atoms. The van der Waals surface area contributed by atoms with Gasteiger partial charge in [-0.3, -0.25) is 0 Å². The molecule has 0 atom stereocenters. The Hall–Kier alpha value is -0.0800. The van der Waals surface area contributed by atoms with Crippen molar-refractivity contribution in [2.75, 3.05) is 13.2 Å². The average Bonchev–Trinajstić information content (AvgIpc) is 2.36. The van der Waals surface area contributed by atoms with Crippen LogP contribution < -0.4 is 5.32 Å². The monoisotopic (exact) mass is 255 g/mol. The number of ether oxygens (including phenoxy) is 1. The van der Waals surface area contributed by atoms with Gasteiger partial charge in [-0.05, 0) is 38.0 Å². The third-order valence-corrected chi connectivity index (χ3v) is 4.17. The Morgan fingerprint density at radius 1 is 1.22 bits per heavy atom. The maximum atomic E-state index is 6.31. The van der Waals surface area contributed by atoms with Crippen molar-refractivity contribution in [1.29, 1.82) is 0 Å². The molecule has 0 amide bonds. The van der Waals surface area contributed by atoms with Crippen LogP contribution in [0.25, 0.3) is 0 Å². The van der Waals surface area contributed by atoms with Crippen LogP contribution in [-0.4, -0.2) is 24.8 Å². The molecular formula is C16H33NO. The van der Waals surface area contributed by atoms with Crippen LogP contribution in [0.15, 0.2) is 0 Å². The van der Waals surface area contributed by atoms with E-state index in [1.807, 2.05) is 0 Å². The van der Waals surface area contributed by atoms with Crippen LogP contribution in [0.1, 0.15) is 72.6 Å². The molecule has 1 N–H and O–H groups in total. The molecule has 108 valence electrons. The van der Waals surface area contributed by atoms with Crippen molar-refractivity contribution >= 4 is 0 Å². The Kier molecular flexibility index (Phi) is 7.25. The Morgan fingerprint density at radius 3 is 2.44 bits per heavy atom. The summed E-state index contributed by atoms with van der Waals surface area (Å²) in [6.45, 7) is 11.0. The first-order valence-electron chi connectivity index (χ1n) is 7.95. The van der Waals surface area contributed by atoms with Gasteiger partial charge in [-0.25, -0.2) is 0 Å². The summed E-state index contributed by atoms with van der Waals surface area (Å²) in [6, 6.07) is 0.556. The van der Waals surface area contributed by atoms with E-state index in [2.05, 4.69) is 33.0 Å². The van der Waals surface area contributed by atoms with Crippen LogP contribution in [0.5, 0.6) is 0 Å². The zero-order valence-corrected chi connectivity index (χ0v) is 12.9. The van der Waals surface area contributed by atoms with Gasteiger partial charge < -0.3 is 10.1 Å². The number of hydrogen-bond donors (Lipinski definition) is 1. The summed E-state index contributed by atoms with van der Waals surface area (Å²) in [7, 11) is 0. The maximum Gasteiger partial charge on any atom is 0.0806 e. The van der Waals surface area contributed by atoms with Crippen molar-refractivity contribution in [2.45, 2.75) is 84.3 Å². The minimum absolute atomic E-state index is 0.129. The Morgan fingerprint density at radius 2 is 1.89 bits per heavy atom. The Balaban J connectivity index is 2.40. The Bertz CT molecular complexity index is 207. The second-order valence-electron chi connectivity index (χ2n) is 6.46. The molecule has 1 aliphatic carbocycles. The van der Waals surface area contributed by atoms with Crippen LogP contribution in [0, 0.1) is 5.92 Å². The number of rotatable bonds is 8. The highest BCUT2D eigenvalue weighted by Gasteiger charge is 2.34. The summed E-state index contributed by atoms with van der Waals surface area (Å²) in [5.41, 5.74) is 0.129. The fourth-order valence-corrected chi connectivity index (χ4v) is 2.69. The standard InChI is InChI=1S/C16H33NO/c1-5-6-7-12-18-16(13-17-14(2)3)10-8-15(4)9-11-16/h14-15,17H,5-13H2,1-4H3. The van der Waals surface area contributed by atoms with E-state index in [1.54, 1.807) is 0 Å². The lowest BCUT2D eigenvalue weighted by Crippen LogP contribution is -2.47. The summed E-state index contributed by atoms with van der Waals surface area (Å²) in [5.74, 6) is 0.886. The lowest BCUT2D eigenvalue weighted by atomic mass is 9.79. The van der Waals surface area contributed by atoms with Crippen LogP contribution >= 0.6 is 0 Å². The van der Waals surface area contributed by atoms with Gasteiger partial charge in [-0.1, -0.05) is 40.5 Å². The van der Waals surface area contributed by atoms with E-state index in [0.29, 0.717) is 6.04 Å². The highest BCUT2D eigenvalue weighted by molar-refractivity contribution is 4.89. The average molecular weight is 255 g/mol. The smallest absolute Gasteiger partial charge is 0.0806 e. The van der Waals surface area contributed by atoms with E-state index < -0.39 is 0 Å². The van der Waals surface area contributed by atoms with Crippen LogP contribution in [0.4, 0.5) is 0 Å². The molecule has 1 aliphatic rings. The van der Waals surface area contributed by atoms with Crippen LogP contribution in [0.2, 0.25) is 0 Å². The SMILES string of the molecule is CCCCCOC1(CNC(C)C)CCC(C)CC1. The van der Waals surface area contributed by atoms with Gasteiger partial charge in [0.2, 0.25) is 0 Å². The first-order chi connectivity index (χ1) is 8.58. The highest BCUT2D eigenvalue weighted by atomic mass is 16.5. The van der Waals surface area contributed by atoms with Crippen molar-refractivity contribution < 1.29 is 4.74 Å². The third kappa shape index (κ3) is 5.71. The molecule has 0 heterocycles. The van der Waals surface area contributed by atoms with E-state index in [9.17, 15) is 0 Å². The molecule has 1 saturated carbocycles. The maximum absolute atomic E-state index is 6.31. The molecule has 0 spiro atoms. The summed E-state index contributed by atoms with van der Waals surface area (Å²) < 4.78 is 6.31. The number of hydrogen-bond acceptors (Lipinski definition) is 2. The molecule has 1 fully saturated rings. The zero-order valence-electron chi connectivity index (χ0n) is 12.9. The molecule has 0 aromatic carbocycles. The van der Waals surface area contributed by atoms with E-state index in [0.717, 1.165) is 19.1 Å². The topological polar surface area (TPSA) is 21.3 Å². The molecule has 1 rings (SSSR count). The Labute approximate surface area is 114 Å². The predicted molar refractivity (Wildman–Crippen MR) is 79.0 cm³/mol. The van der Waals surface area contributed by atoms with Crippen LogP contribution in [-0.2, 0) is 4.74 Å². The quantitative estimate of drug-likeness (QED) is 0.658. The van der Waals surface area contributed by atoms with E-state index in [-0.39, 0.29) is 5.60 Å². The van der Waals surface area contributed by atoms with Crippen molar-refractivity contribution in [3.05, 3.63) is 0 Å². The largest absolute Gasteiger partial charge is 0.374 e. The number of nitrogens with one attached hydrogen (secondary N) is 1. The first-order valence-corrected chi connectivity index (χ1v) is 7.95. The molecule has 18 heavy (non-hydrogen) atoms. The molecule has 2 heteroatoms. The minimum atomic E-state index is 0.129. The van der Waals surface area contributed by atoms with E-state index >= 15 is 0 Å². The summed E-state index contributed by atoms with van der Waals surface area (Å²) in [4.78, 5) is 0. The molecule has 0 aromatic heterocycles. The lowest BCUT2D eigenvalue weighted by molar-refractivity contribution is -0.0771. The van der Waals surface area contributed by atoms with E-state index in [1.165, 1.54) is 44.9 Å². The molecule has 0 unspecified atom stereocenters. The van der Waals surface area contributed by atoms with Crippen LogP contribution in [0.3, 0.4) is 0 Å². The van der Waals surface area contributed by atoms with Gasteiger partial charge in [0.25, 0.3) is 0 Å². The molecule has 2 nitrogen and oxygen atoms in total. The fraction of sp³-hybridized carbons (Fsp3) is 1.00. The predicted octanol–water partition coefficient (Wildman–Crippen LogP) is 4.14. The summed E-state index contributed by atoms with van der Waals surface area (Å²) in [5, 5.41) is 3.59. The molecule has 0 aromatic rings. The van der Waals surface area contributed by atoms with Crippen molar-refractivity contribution in [3.8, 4) is 0 Å². The first kappa shape index (κ1) is 16.0. The zero-order chi connectivity index (χ0) is 13.4. The molecule has 0 aliphatic heterocycles. The normalized spacial score (nSPS) is 28.8. The van der Waals surface area contributed by atoms with Crippen molar-refractivity contribution in [2.24, 2.45) is 5.92 Å². The minimum Gasteiger partial charge on any atom is -0.374 e. The van der Waals surface area contributed by atoms with Gasteiger partial charge in [0.1, 0.15) is 0 Å². The molecular weight excluding hydrogens is 222 g/mol. The second kappa shape index (κ2) is 8.16. The van der Waals surface area contributed by atoms with Gasteiger partial charge in [-0.15, -0.1) is 0 Å². The molecule has 0 radical (unpaired) electrons. The number of unbranched alkanes of at least 4 members (excludes halogenated alkanes) is 2. The van der Waals surface area contributed by atoms with Crippen molar-refractivity contribution in [3.63, 3.8) is 0 Å². The van der Waals surface area contributed by atoms with Gasteiger partial charge in [0, 0.05) is 19.2 Å². The lowest BCUT2D eigenvalue weighted by Gasteiger charge is -2.40. The van der Waals surface area contributed by atoms with Gasteiger partial charge in [0.15, 0.2) is 0 Å².